The number of carboxylic acids is 1. The first-order chi connectivity index (χ1) is 11.4. The summed E-state index contributed by atoms with van der Waals surface area (Å²) in [6.07, 6.45) is 1.62. The van der Waals surface area contributed by atoms with Gasteiger partial charge in [-0.25, -0.2) is 0 Å². The quantitative estimate of drug-likeness (QED) is 0.465. The van der Waals surface area contributed by atoms with Crippen molar-refractivity contribution in [2.75, 3.05) is 18.4 Å². The van der Waals surface area contributed by atoms with Crippen LogP contribution in [0.25, 0.3) is 0 Å². The molecule has 0 radical (unpaired) electrons. The van der Waals surface area contributed by atoms with E-state index in [0.29, 0.717) is 43.6 Å². The number of hydrogen-bond acceptors (Lipinski definition) is 4. The molecule has 7 nitrogen and oxygen atoms in total. The SMILES string of the molecule is CC1CC(C(=O)O)CCN1CCC(=O)Nc1ccc(C(=N)N)cc1. The normalized spacial score (nSPS) is 21.2. The topological polar surface area (TPSA) is 120 Å². The summed E-state index contributed by atoms with van der Waals surface area (Å²) in [5.41, 5.74) is 6.67. The molecule has 1 aromatic rings. The summed E-state index contributed by atoms with van der Waals surface area (Å²) in [5, 5.41) is 19.2. The average Bonchev–Trinajstić information content (AvgIpc) is 2.54. The molecule has 24 heavy (non-hydrogen) atoms. The van der Waals surface area contributed by atoms with Crippen LogP contribution in [-0.4, -0.2) is 46.8 Å². The minimum absolute atomic E-state index is 0.00775. The number of nitrogens with one attached hydrogen (secondary N) is 2. The van der Waals surface area contributed by atoms with Crippen LogP contribution in [0.15, 0.2) is 24.3 Å². The molecular formula is C17H24N4O3. The van der Waals surface area contributed by atoms with Crippen LogP contribution in [0.4, 0.5) is 5.69 Å². The Morgan fingerprint density at radius 1 is 1.38 bits per heavy atom. The second-order valence-corrected chi connectivity index (χ2v) is 6.23. The number of nitrogens with two attached hydrogens (primary N) is 1. The number of carboxylic acid groups (broad SMARTS) is 1. The fourth-order valence-corrected chi connectivity index (χ4v) is 2.98. The summed E-state index contributed by atoms with van der Waals surface area (Å²) in [4.78, 5) is 25.3. The van der Waals surface area contributed by atoms with E-state index in [4.69, 9.17) is 16.2 Å². The summed E-state index contributed by atoms with van der Waals surface area (Å²) in [6.45, 7) is 3.33. The molecule has 7 heteroatoms. The number of piperidine rings is 1. The summed E-state index contributed by atoms with van der Waals surface area (Å²) < 4.78 is 0. The number of benzene rings is 1. The number of anilines is 1. The van der Waals surface area contributed by atoms with Crippen molar-refractivity contribution in [3.63, 3.8) is 0 Å². The van der Waals surface area contributed by atoms with E-state index >= 15 is 0 Å². The molecule has 1 fully saturated rings. The van der Waals surface area contributed by atoms with Gasteiger partial charge in [0.05, 0.1) is 5.92 Å². The van der Waals surface area contributed by atoms with Gasteiger partial charge in [0.2, 0.25) is 5.91 Å². The zero-order valence-electron chi connectivity index (χ0n) is 13.8. The summed E-state index contributed by atoms with van der Waals surface area (Å²) in [6, 6.07) is 6.99. The van der Waals surface area contributed by atoms with Crippen LogP contribution in [0.1, 0.15) is 31.7 Å². The summed E-state index contributed by atoms with van der Waals surface area (Å²) >= 11 is 0. The molecule has 2 unspecified atom stereocenters. The first kappa shape index (κ1) is 17.9. The van der Waals surface area contributed by atoms with Crippen molar-refractivity contribution in [3.8, 4) is 0 Å². The third-order valence-corrected chi connectivity index (χ3v) is 4.47. The number of hydrogen-bond donors (Lipinski definition) is 4. The van der Waals surface area contributed by atoms with E-state index in [0.717, 1.165) is 0 Å². The fraction of sp³-hybridized carbons (Fsp3) is 0.471. The van der Waals surface area contributed by atoms with Gasteiger partial charge < -0.3 is 21.1 Å². The third kappa shape index (κ3) is 4.79. The molecule has 0 spiro atoms. The molecule has 1 amide bonds. The highest BCUT2D eigenvalue weighted by Gasteiger charge is 2.29. The van der Waals surface area contributed by atoms with Gasteiger partial charge in [0, 0.05) is 30.3 Å². The molecule has 1 aliphatic rings. The first-order valence-corrected chi connectivity index (χ1v) is 8.08. The lowest BCUT2D eigenvalue weighted by Crippen LogP contribution is -2.43. The molecule has 0 saturated carbocycles. The molecule has 130 valence electrons. The maximum Gasteiger partial charge on any atom is 0.306 e. The second kappa shape index (κ2) is 7.92. The average molecular weight is 332 g/mol. The third-order valence-electron chi connectivity index (χ3n) is 4.47. The Hall–Kier alpha value is -2.41. The highest BCUT2D eigenvalue weighted by atomic mass is 16.4. The van der Waals surface area contributed by atoms with Crippen molar-refractivity contribution < 1.29 is 14.7 Å². The fourth-order valence-electron chi connectivity index (χ4n) is 2.98. The number of amidine groups is 1. The van der Waals surface area contributed by atoms with Crippen LogP contribution in [0, 0.1) is 11.3 Å². The van der Waals surface area contributed by atoms with Crippen LogP contribution in [-0.2, 0) is 9.59 Å². The maximum atomic E-state index is 12.1. The van der Waals surface area contributed by atoms with Crippen molar-refractivity contribution in [1.82, 2.24) is 4.90 Å². The Morgan fingerprint density at radius 2 is 2.04 bits per heavy atom. The zero-order chi connectivity index (χ0) is 17.7. The van der Waals surface area contributed by atoms with Crippen LogP contribution in [0.3, 0.4) is 0 Å². The molecule has 1 aliphatic heterocycles. The number of nitrogen functional groups attached to an aromatic ring is 1. The lowest BCUT2D eigenvalue weighted by Gasteiger charge is -2.36. The van der Waals surface area contributed by atoms with Gasteiger partial charge in [-0.2, -0.15) is 0 Å². The van der Waals surface area contributed by atoms with Crippen molar-refractivity contribution in [1.29, 1.82) is 5.41 Å². The van der Waals surface area contributed by atoms with E-state index in [9.17, 15) is 9.59 Å². The molecule has 5 N–H and O–H groups in total. The van der Waals surface area contributed by atoms with Crippen molar-refractivity contribution in [2.45, 2.75) is 32.2 Å². The molecule has 2 rings (SSSR count). The monoisotopic (exact) mass is 332 g/mol. The largest absolute Gasteiger partial charge is 0.481 e. The number of rotatable bonds is 6. The Morgan fingerprint density at radius 3 is 2.58 bits per heavy atom. The Labute approximate surface area is 141 Å². The smallest absolute Gasteiger partial charge is 0.306 e. The minimum Gasteiger partial charge on any atom is -0.481 e. The predicted molar refractivity (Wildman–Crippen MR) is 92.1 cm³/mol. The lowest BCUT2D eigenvalue weighted by molar-refractivity contribution is -0.144. The Bertz CT molecular complexity index is 615. The van der Waals surface area contributed by atoms with E-state index in [1.54, 1.807) is 24.3 Å². The molecule has 1 aromatic carbocycles. The molecular weight excluding hydrogens is 308 g/mol. The van der Waals surface area contributed by atoms with Crippen LogP contribution in [0.5, 0.6) is 0 Å². The predicted octanol–water partition coefficient (Wildman–Crippen LogP) is 1.48. The molecule has 1 heterocycles. The molecule has 1 saturated heterocycles. The second-order valence-electron chi connectivity index (χ2n) is 6.23. The lowest BCUT2D eigenvalue weighted by atomic mass is 9.91. The number of amides is 1. The summed E-state index contributed by atoms with van der Waals surface area (Å²) in [5.74, 6) is -1.09. The molecule has 0 aliphatic carbocycles. The molecule has 0 aromatic heterocycles. The number of aliphatic carboxylic acids is 1. The highest BCUT2D eigenvalue weighted by Crippen LogP contribution is 2.23. The number of likely N-dealkylation sites (tertiary alicyclic amines) is 1. The van der Waals surface area contributed by atoms with Gasteiger partial charge in [0.1, 0.15) is 5.84 Å². The summed E-state index contributed by atoms with van der Waals surface area (Å²) in [7, 11) is 0. The number of nitrogens with zero attached hydrogens (tertiary/aromatic N) is 1. The van der Waals surface area contributed by atoms with Crippen molar-refractivity contribution >= 4 is 23.4 Å². The van der Waals surface area contributed by atoms with Gasteiger partial charge in [-0.1, -0.05) is 0 Å². The molecule has 2 atom stereocenters. The van der Waals surface area contributed by atoms with Gasteiger partial charge in [0.25, 0.3) is 0 Å². The van der Waals surface area contributed by atoms with Gasteiger partial charge in [-0.3, -0.25) is 15.0 Å². The van der Waals surface area contributed by atoms with Crippen molar-refractivity contribution in [2.24, 2.45) is 11.7 Å². The standard InChI is InChI=1S/C17H24N4O3/c1-11-10-13(17(23)24)6-8-21(11)9-7-15(22)20-14-4-2-12(3-5-14)16(18)19/h2-5,11,13H,6-10H2,1H3,(H3,18,19)(H,20,22)(H,23,24). The van der Waals surface area contributed by atoms with Gasteiger partial charge in [-0.05, 0) is 50.6 Å². The minimum atomic E-state index is -0.728. The van der Waals surface area contributed by atoms with Gasteiger partial charge in [-0.15, -0.1) is 0 Å². The van der Waals surface area contributed by atoms with E-state index in [1.165, 1.54) is 0 Å². The van der Waals surface area contributed by atoms with Gasteiger partial charge in [0.15, 0.2) is 0 Å². The zero-order valence-corrected chi connectivity index (χ0v) is 13.8. The number of carbonyl (C=O) groups is 2. The van der Waals surface area contributed by atoms with Crippen molar-refractivity contribution in [3.05, 3.63) is 29.8 Å². The van der Waals surface area contributed by atoms with E-state index in [-0.39, 0.29) is 23.7 Å². The van der Waals surface area contributed by atoms with E-state index in [1.807, 2.05) is 6.92 Å². The Kier molecular flexibility index (Phi) is 5.92. The Balaban J connectivity index is 1.79. The highest BCUT2D eigenvalue weighted by molar-refractivity contribution is 5.96. The van der Waals surface area contributed by atoms with E-state index in [2.05, 4.69) is 10.2 Å². The van der Waals surface area contributed by atoms with Gasteiger partial charge >= 0.3 is 5.97 Å². The molecule has 0 bridgehead atoms. The van der Waals surface area contributed by atoms with Crippen LogP contribution < -0.4 is 11.1 Å². The number of carbonyl (C=O) groups excluding carboxylic acids is 1. The van der Waals surface area contributed by atoms with Crippen LogP contribution in [0.2, 0.25) is 0 Å². The van der Waals surface area contributed by atoms with E-state index < -0.39 is 5.97 Å². The first-order valence-electron chi connectivity index (χ1n) is 8.08. The maximum absolute atomic E-state index is 12.1. The van der Waals surface area contributed by atoms with Crippen LogP contribution >= 0.6 is 0 Å².